The minimum Gasteiger partial charge on any atom is -0.478 e. The number of benzene rings is 3. The molecule has 0 aliphatic carbocycles. The van der Waals surface area contributed by atoms with Gasteiger partial charge in [-0.1, -0.05) is 90.5 Å². The largest absolute Gasteiger partial charge is 0.478 e. The highest BCUT2D eigenvalue weighted by Gasteiger charge is 2.53. The first-order chi connectivity index (χ1) is 20.7. The molecule has 2 fully saturated rings. The Balaban J connectivity index is 0.000000467. The van der Waals surface area contributed by atoms with Crippen molar-refractivity contribution in [3.8, 4) is 0 Å². The Morgan fingerprint density at radius 2 is 1.35 bits per heavy atom. The molecule has 0 radical (unpaired) electrons. The Bertz CT molecular complexity index is 1420. The molecule has 1 unspecified atom stereocenters. The molecular formula is C34H37N3O6. The van der Waals surface area contributed by atoms with Crippen molar-refractivity contribution < 1.29 is 29.4 Å². The molecule has 0 spiro atoms. The first-order valence-electron chi connectivity index (χ1n) is 14.4. The number of rotatable bonds is 9. The summed E-state index contributed by atoms with van der Waals surface area (Å²) in [6.07, 6.45) is 4.19. The fourth-order valence-electron chi connectivity index (χ4n) is 5.64. The first kappa shape index (κ1) is 31.2. The lowest BCUT2D eigenvalue weighted by Gasteiger charge is -2.32. The van der Waals surface area contributed by atoms with Gasteiger partial charge in [0.05, 0.1) is 0 Å². The van der Waals surface area contributed by atoms with E-state index < -0.39 is 17.5 Å². The average Bonchev–Trinajstić information content (AvgIpc) is 3.28. The van der Waals surface area contributed by atoms with Gasteiger partial charge in [0.2, 0.25) is 0 Å². The van der Waals surface area contributed by atoms with Crippen LogP contribution in [0.5, 0.6) is 0 Å². The zero-order chi connectivity index (χ0) is 30.8. The minimum absolute atomic E-state index is 0.194. The summed E-state index contributed by atoms with van der Waals surface area (Å²) in [5.41, 5.74) is 2.94. The summed E-state index contributed by atoms with van der Waals surface area (Å²) in [5.74, 6) is -2.08. The summed E-state index contributed by atoms with van der Waals surface area (Å²) in [7, 11) is 0. The summed E-state index contributed by atoms with van der Waals surface area (Å²) >= 11 is 0. The number of imide groups is 1. The number of urea groups is 1. The number of amides is 3. The van der Waals surface area contributed by atoms with E-state index in [1.54, 1.807) is 0 Å². The van der Waals surface area contributed by atoms with Crippen LogP contribution in [0.4, 0.5) is 4.79 Å². The zero-order valence-corrected chi connectivity index (χ0v) is 24.2. The Hall–Kier alpha value is -4.76. The van der Waals surface area contributed by atoms with Gasteiger partial charge in [0.15, 0.2) is 5.54 Å². The number of nitrogens with one attached hydrogen (secondary N) is 1. The molecular weight excluding hydrogens is 546 g/mol. The summed E-state index contributed by atoms with van der Waals surface area (Å²) in [5, 5.41) is 18.7. The van der Waals surface area contributed by atoms with Crippen molar-refractivity contribution >= 4 is 23.9 Å². The first-order valence-corrected chi connectivity index (χ1v) is 14.4. The molecule has 43 heavy (non-hydrogen) atoms. The van der Waals surface area contributed by atoms with Crippen molar-refractivity contribution in [3.05, 3.63) is 119 Å². The monoisotopic (exact) mass is 583 g/mol. The fraction of sp³-hybridized carbons (Fsp3) is 0.294. The molecule has 0 bridgehead atoms. The Kier molecular flexibility index (Phi) is 10.5. The third kappa shape index (κ3) is 7.75. The van der Waals surface area contributed by atoms with Gasteiger partial charge in [-0.15, -0.1) is 0 Å². The third-order valence-corrected chi connectivity index (χ3v) is 7.88. The minimum atomic E-state index is -1.26. The Morgan fingerprint density at radius 1 is 0.814 bits per heavy atom. The van der Waals surface area contributed by atoms with Crippen molar-refractivity contribution in [2.45, 2.75) is 37.6 Å². The van der Waals surface area contributed by atoms with Gasteiger partial charge in [-0.3, -0.25) is 9.69 Å². The molecule has 2 saturated heterocycles. The number of carbonyl (C=O) groups is 4. The number of likely N-dealkylation sites (tertiary alicyclic amines) is 1. The summed E-state index contributed by atoms with van der Waals surface area (Å²) in [6, 6.07) is 27.9. The smallest absolute Gasteiger partial charge is 0.328 e. The molecule has 9 heteroatoms. The molecule has 0 aromatic heterocycles. The number of carboxylic acid groups (broad SMARTS) is 2. The standard InChI is InChI=1S/C30H33N3O2.C4H4O4/c1-23-13-15-27(16-14-23)30(26-11-6-3-7-12-26)28(34)33(29(35)31-30)20-8-19-32-21-17-25(18-22-32)24-9-4-2-5-10-24;5-3(6)1-2-4(7)8/h2-7,9-16,25H,8,17-22H2,1H3,(H,31,35);1-2H,(H,5,6)(H,7,8)/b;2-1-. The molecule has 0 saturated carbocycles. The SMILES string of the molecule is Cc1ccc(C2(c3ccccc3)NC(=O)N(CCCN3CCC(c4ccccc4)CC3)C2=O)cc1.O=C(O)/C=C\C(=O)O. The second-order valence-corrected chi connectivity index (χ2v) is 10.8. The highest BCUT2D eigenvalue weighted by atomic mass is 16.4. The third-order valence-electron chi connectivity index (χ3n) is 7.88. The van der Waals surface area contributed by atoms with E-state index in [9.17, 15) is 19.2 Å². The average molecular weight is 584 g/mol. The van der Waals surface area contributed by atoms with Crippen molar-refractivity contribution in [1.82, 2.24) is 15.1 Å². The van der Waals surface area contributed by atoms with Gasteiger partial charge in [0.1, 0.15) is 0 Å². The van der Waals surface area contributed by atoms with Crippen molar-refractivity contribution in [1.29, 1.82) is 0 Å². The van der Waals surface area contributed by atoms with Crippen LogP contribution < -0.4 is 5.32 Å². The summed E-state index contributed by atoms with van der Waals surface area (Å²) in [6.45, 7) is 5.43. The zero-order valence-electron chi connectivity index (χ0n) is 24.2. The van der Waals surface area contributed by atoms with E-state index in [0.29, 0.717) is 24.6 Å². The molecule has 224 valence electrons. The van der Waals surface area contributed by atoms with Gasteiger partial charge < -0.3 is 20.4 Å². The van der Waals surface area contributed by atoms with E-state index in [1.165, 1.54) is 10.5 Å². The number of piperidine rings is 1. The molecule has 2 aliphatic heterocycles. The van der Waals surface area contributed by atoms with Crippen molar-refractivity contribution in [2.75, 3.05) is 26.2 Å². The van der Waals surface area contributed by atoms with Crippen LogP contribution in [0.2, 0.25) is 0 Å². The van der Waals surface area contributed by atoms with E-state index in [0.717, 1.165) is 55.6 Å². The molecule has 3 N–H and O–H groups in total. The van der Waals surface area contributed by atoms with Gasteiger partial charge in [-0.2, -0.15) is 0 Å². The van der Waals surface area contributed by atoms with E-state index in [2.05, 4.69) is 40.5 Å². The van der Waals surface area contributed by atoms with Gasteiger partial charge >= 0.3 is 18.0 Å². The van der Waals surface area contributed by atoms with Crippen molar-refractivity contribution in [3.63, 3.8) is 0 Å². The summed E-state index contributed by atoms with van der Waals surface area (Å²) in [4.78, 5) is 49.9. The maximum atomic E-state index is 13.8. The van der Waals surface area contributed by atoms with E-state index >= 15 is 0 Å². The Morgan fingerprint density at radius 3 is 1.91 bits per heavy atom. The predicted molar refractivity (Wildman–Crippen MR) is 163 cm³/mol. The van der Waals surface area contributed by atoms with Gasteiger partial charge in [-0.25, -0.2) is 14.4 Å². The highest BCUT2D eigenvalue weighted by Crippen LogP contribution is 2.36. The lowest BCUT2D eigenvalue weighted by atomic mass is 9.82. The van der Waals surface area contributed by atoms with Gasteiger partial charge in [-0.05, 0) is 68.4 Å². The molecule has 3 amide bonds. The van der Waals surface area contributed by atoms with Crippen LogP contribution in [0.15, 0.2) is 97.1 Å². The Labute approximate surface area is 251 Å². The number of aliphatic carboxylic acids is 2. The molecule has 1 atom stereocenters. The van der Waals surface area contributed by atoms with Crippen LogP contribution in [0, 0.1) is 6.92 Å². The molecule has 9 nitrogen and oxygen atoms in total. The van der Waals surface area contributed by atoms with Gasteiger partial charge in [0, 0.05) is 18.7 Å². The maximum Gasteiger partial charge on any atom is 0.328 e. The summed E-state index contributed by atoms with van der Waals surface area (Å²) < 4.78 is 0. The van der Waals surface area contributed by atoms with Crippen LogP contribution in [0.25, 0.3) is 0 Å². The fourth-order valence-corrected chi connectivity index (χ4v) is 5.64. The van der Waals surface area contributed by atoms with E-state index in [-0.39, 0.29) is 11.9 Å². The van der Waals surface area contributed by atoms with Crippen LogP contribution in [0.1, 0.15) is 47.4 Å². The molecule has 2 heterocycles. The van der Waals surface area contributed by atoms with Crippen molar-refractivity contribution in [2.24, 2.45) is 0 Å². The highest BCUT2D eigenvalue weighted by molar-refractivity contribution is 6.09. The molecule has 3 aromatic carbocycles. The van der Waals surface area contributed by atoms with Crippen LogP contribution >= 0.6 is 0 Å². The lowest BCUT2D eigenvalue weighted by Crippen LogP contribution is -2.45. The van der Waals surface area contributed by atoms with Crippen LogP contribution in [-0.2, 0) is 19.9 Å². The van der Waals surface area contributed by atoms with E-state index in [1.807, 2.05) is 61.5 Å². The lowest BCUT2D eigenvalue weighted by molar-refractivity contribution is -0.134. The topological polar surface area (TPSA) is 127 Å². The number of carbonyl (C=O) groups excluding carboxylic acids is 2. The molecule has 5 rings (SSSR count). The van der Waals surface area contributed by atoms with Gasteiger partial charge in [0.25, 0.3) is 5.91 Å². The molecule has 3 aromatic rings. The number of nitrogens with zero attached hydrogens (tertiary/aromatic N) is 2. The van der Waals surface area contributed by atoms with E-state index in [4.69, 9.17) is 10.2 Å². The second kappa shape index (κ2) is 14.4. The van der Waals surface area contributed by atoms with Crippen LogP contribution in [0.3, 0.4) is 0 Å². The normalized spacial score (nSPS) is 19.1. The second-order valence-electron chi connectivity index (χ2n) is 10.8. The quantitative estimate of drug-likeness (QED) is 0.245. The maximum absolute atomic E-state index is 13.8. The van der Waals surface area contributed by atoms with Crippen LogP contribution in [-0.4, -0.2) is 70.1 Å². The number of aryl methyl sites for hydroxylation is 1. The predicted octanol–water partition coefficient (Wildman–Crippen LogP) is 4.77. The number of hydrogen-bond donors (Lipinski definition) is 3. The molecule has 2 aliphatic rings. The number of hydrogen-bond acceptors (Lipinski definition) is 5. The number of carboxylic acids is 2.